The van der Waals surface area contributed by atoms with Gasteiger partial charge in [0.1, 0.15) is 6.10 Å². The molecule has 0 saturated heterocycles. The summed E-state index contributed by atoms with van der Waals surface area (Å²) < 4.78 is 15.5. The number of esters is 3. The van der Waals surface area contributed by atoms with Crippen molar-refractivity contribution >= 4 is 23.9 Å². The third-order valence-electron chi connectivity index (χ3n) is 5.48. The third-order valence-corrected chi connectivity index (χ3v) is 5.48. The molecule has 0 spiro atoms. The first kappa shape index (κ1) is 28.9. The fourth-order valence-corrected chi connectivity index (χ4v) is 3.96. The predicted octanol–water partition coefficient (Wildman–Crippen LogP) is 3.39. The lowest BCUT2D eigenvalue weighted by Gasteiger charge is -2.28. The monoisotopic (exact) mass is 472 g/mol. The number of aliphatic hydroxyl groups excluding tert-OH is 1. The molecule has 1 unspecified atom stereocenters. The Morgan fingerprint density at radius 2 is 1.30 bits per heavy atom. The van der Waals surface area contributed by atoms with Gasteiger partial charge < -0.3 is 24.4 Å². The van der Waals surface area contributed by atoms with Crippen molar-refractivity contribution in [2.75, 3.05) is 0 Å². The quantitative estimate of drug-likeness (QED) is 0.402. The summed E-state index contributed by atoms with van der Waals surface area (Å²) in [6.45, 7) is 7.28. The Morgan fingerprint density at radius 1 is 0.788 bits per heavy atom. The van der Waals surface area contributed by atoms with Crippen LogP contribution in [0.3, 0.4) is 0 Å². The molecule has 2 fully saturated rings. The Kier molecular flexibility index (Phi) is 13.0. The van der Waals surface area contributed by atoms with Gasteiger partial charge in [0.25, 0.3) is 0 Å². The van der Waals surface area contributed by atoms with Crippen LogP contribution in [0.1, 0.15) is 91.9 Å². The highest BCUT2D eigenvalue weighted by molar-refractivity contribution is 5.77. The van der Waals surface area contributed by atoms with E-state index in [0.717, 1.165) is 32.1 Å². The Bertz CT molecular complexity index is 644. The SMILES string of the molecule is CC(C)OC(=O)[C@@H]1CCC[C@H](O)C1.CC(C)OC(=O)[C@H]1CCCC(OC(=O)CCC(=O)O)C1. The zero-order valence-corrected chi connectivity index (χ0v) is 20.3. The van der Waals surface area contributed by atoms with Crippen LogP contribution in [0.25, 0.3) is 0 Å². The molecule has 0 amide bonds. The second-order valence-corrected chi connectivity index (χ2v) is 9.36. The number of carbonyl (C=O) groups is 4. The van der Waals surface area contributed by atoms with E-state index in [1.54, 1.807) is 13.8 Å². The number of ether oxygens (including phenoxy) is 3. The molecule has 0 aromatic rings. The smallest absolute Gasteiger partial charge is 0.309 e. The molecule has 0 bridgehead atoms. The van der Waals surface area contributed by atoms with Gasteiger partial charge in [0, 0.05) is 0 Å². The van der Waals surface area contributed by atoms with Crippen LogP contribution in [0.15, 0.2) is 0 Å². The topological polar surface area (TPSA) is 136 Å². The Balaban J connectivity index is 0.000000361. The number of carboxylic acid groups (broad SMARTS) is 1. The van der Waals surface area contributed by atoms with Gasteiger partial charge >= 0.3 is 23.9 Å². The molecular weight excluding hydrogens is 432 g/mol. The first-order chi connectivity index (χ1) is 15.5. The molecule has 2 rings (SSSR count). The lowest BCUT2D eigenvalue weighted by atomic mass is 9.87. The predicted molar refractivity (Wildman–Crippen MR) is 119 cm³/mol. The zero-order chi connectivity index (χ0) is 25.0. The summed E-state index contributed by atoms with van der Waals surface area (Å²) in [5.41, 5.74) is 0. The first-order valence-electron chi connectivity index (χ1n) is 12.0. The van der Waals surface area contributed by atoms with E-state index in [4.69, 9.17) is 19.3 Å². The molecular formula is C24H40O9. The van der Waals surface area contributed by atoms with Crippen LogP contribution in [0.2, 0.25) is 0 Å². The number of hydrogen-bond donors (Lipinski definition) is 2. The number of aliphatic carboxylic acids is 1. The molecule has 33 heavy (non-hydrogen) atoms. The minimum absolute atomic E-state index is 0.0495. The molecule has 2 saturated carbocycles. The molecule has 9 heteroatoms. The maximum Gasteiger partial charge on any atom is 0.309 e. The Labute approximate surface area is 196 Å². The van der Waals surface area contributed by atoms with Crippen molar-refractivity contribution in [2.45, 2.75) is 116 Å². The highest BCUT2D eigenvalue weighted by Gasteiger charge is 2.31. The lowest BCUT2D eigenvalue weighted by Crippen LogP contribution is -2.31. The molecule has 2 N–H and O–H groups in total. The van der Waals surface area contributed by atoms with E-state index in [0.29, 0.717) is 19.3 Å². The standard InChI is InChI=1S/C14H22O6.C10H18O3/c1-9(2)19-14(18)10-4-3-5-11(8-10)20-13(17)7-6-12(15)16;1-7(2)13-10(12)8-4-3-5-9(11)6-8/h9-11H,3-8H2,1-2H3,(H,15,16);7-9,11H,3-6H2,1-2H3/t10-,11?;8-,9+/m01/s1. The summed E-state index contributed by atoms with van der Waals surface area (Å²) in [6, 6.07) is 0. The largest absolute Gasteiger partial charge is 0.481 e. The summed E-state index contributed by atoms with van der Waals surface area (Å²) in [5.74, 6) is -2.24. The van der Waals surface area contributed by atoms with Gasteiger partial charge in [0.05, 0.1) is 43.0 Å². The first-order valence-corrected chi connectivity index (χ1v) is 12.0. The summed E-state index contributed by atoms with van der Waals surface area (Å²) >= 11 is 0. The number of carbonyl (C=O) groups excluding carboxylic acids is 3. The van der Waals surface area contributed by atoms with Gasteiger partial charge in [-0.3, -0.25) is 19.2 Å². The van der Waals surface area contributed by atoms with Gasteiger partial charge in [-0.15, -0.1) is 0 Å². The molecule has 0 aromatic heterocycles. The van der Waals surface area contributed by atoms with Crippen molar-refractivity contribution in [3.8, 4) is 0 Å². The molecule has 9 nitrogen and oxygen atoms in total. The Morgan fingerprint density at radius 3 is 1.79 bits per heavy atom. The molecule has 4 atom stereocenters. The van der Waals surface area contributed by atoms with Crippen molar-refractivity contribution < 1.29 is 43.6 Å². The van der Waals surface area contributed by atoms with Crippen LogP contribution in [0.4, 0.5) is 0 Å². The van der Waals surface area contributed by atoms with E-state index in [-0.39, 0.29) is 61.0 Å². The number of carboxylic acids is 1. The van der Waals surface area contributed by atoms with Crippen LogP contribution in [-0.2, 0) is 33.4 Å². The van der Waals surface area contributed by atoms with Crippen molar-refractivity contribution in [3.05, 3.63) is 0 Å². The summed E-state index contributed by atoms with van der Waals surface area (Å²) in [6.07, 6.45) is 4.73. The maximum atomic E-state index is 11.8. The van der Waals surface area contributed by atoms with Gasteiger partial charge in [0.2, 0.25) is 0 Å². The molecule has 0 aromatic carbocycles. The normalized spacial score (nSPS) is 24.9. The van der Waals surface area contributed by atoms with Gasteiger partial charge in [-0.1, -0.05) is 6.42 Å². The highest BCUT2D eigenvalue weighted by atomic mass is 16.6. The van der Waals surface area contributed by atoms with E-state index < -0.39 is 11.9 Å². The van der Waals surface area contributed by atoms with E-state index in [9.17, 15) is 24.3 Å². The van der Waals surface area contributed by atoms with E-state index in [1.807, 2.05) is 13.8 Å². The number of rotatable bonds is 8. The summed E-state index contributed by atoms with van der Waals surface area (Å²) in [4.78, 5) is 45.1. The lowest BCUT2D eigenvalue weighted by molar-refractivity contribution is -0.161. The minimum Gasteiger partial charge on any atom is -0.481 e. The van der Waals surface area contributed by atoms with Crippen LogP contribution in [0.5, 0.6) is 0 Å². The summed E-state index contributed by atoms with van der Waals surface area (Å²) in [7, 11) is 0. The zero-order valence-electron chi connectivity index (χ0n) is 20.3. The van der Waals surface area contributed by atoms with Crippen molar-refractivity contribution in [1.29, 1.82) is 0 Å². The average Bonchev–Trinajstić information content (AvgIpc) is 2.72. The highest BCUT2D eigenvalue weighted by Crippen LogP contribution is 2.28. The molecule has 0 heterocycles. The second-order valence-electron chi connectivity index (χ2n) is 9.36. The Hall–Kier alpha value is -2.16. The fourth-order valence-electron chi connectivity index (χ4n) is 3.96. The van der Waals surface area contributed by atoms with Crippen LogP contribution in [0, 0.1) is 11.8 Å². The van der Waals surface area contributed by atoms with Crippen molar-refractivity contribution in [1.82, 2.24) is 0 Å². The van der Waals surface area contributed by atoms with Crippen molar-refractivity contribution in [3.63, 3.8) is 0 Å². The van der Waals surface area contributed by atoms with Gasteiger partial charge in [-0.25, -0.2) is 0 Å². The van der Waals surface area contributed by atoms with E-state index in [2.05, 4.69) is 0 Å². The van der Waals surface area contributed by atoms with Crippen LogP contribution < -0.4 is 0 Å². The maximum absolute atomic E-state index is 11.8. The summed E-state index contributed by atoms with van der Waals surface area (Å²) in [5, 5.41) is 17.9. The number of hydrogen-bond acceptors (Lipinski definition) is 8. The number of aliphatic hydroxyl groups is 1. The second kappa shape index (κ2) is 14.9. The molecule has 2 aliphatic rings. The third kappa shape index (κ3) is 12.6. The van der Waals surface area contributed by atoms with E-state index in [1.165, 1.54) is 0 Å². The van der Waals surface area contributed by atoms with Gasteiger partial charge in [0.15, 0.2) is 0 Å². The molecule has 2 aliphatic carbocycles. The minimum atomic E-state index is -1.02. The van der Waals surface area contributed by atoms with Crippen LogP contribution in [-0.4, -0.2) is 58.5 Å². The van der Waals surface area contributed by atoms with Crippen LogP contribution >= 0.6 is 0 Å². The molecule has 0 radical (unpaired) electrons. The van der Waals surface area contributed by atoms with Gasteiger partial charge in [-0.2, -0.15) is 0 Å². The molecule has 0 aliphatic heterocycles. The molecule has 190 valence electrons. The van der Waals surface area contributed by atoms with Gasteiger partial charge in [-0.05, 0) is 72.6 Å². The van der Waals surface area contributed by atoms with E-state index >= 15 is 0 Å². The average molecular weight is 473 g/mol. The fraction of sp³-hybridized carbons (Fsp3) is 0.833. The van der Waals surface area contributed by atoms with Crippen molar-refractivity contribution in [2.24, 2.45) is 11.8 Å².